The van der Waals surface area contributed by atoms with Crippen LogP contribution in [0.3, 0.4) is 0 Å². The van der Waals surface area contributed by atoms with Crippen molar-refractivity contribution in [2.24, 2.45) is 12.5 Å². The van der Waals surface area contributed by atoms with Crippen LogP contribution in [0.5, 0.6) is 0 Å². The summed E-state index contributed by atoms with van der Waals surface area (Å²) in [6.45, 7) is 6.07. The lowest BCUT2D eigenvalue weighted by molar-refractivity contribution is -0.143. The number of imidazole rings is 1. The van der Waals surface area contributed by atoms with Crippen molar-refractivity contribution in [2.75, 3.05) is 13.6 Å². The maximum atomic E-state index is 14.1. The molecule has 1 aromatic carbocycles. The number of hydrogen-bond donors (Lipinski definition) is 0. The predicted molar refractivity (Wildman–Crippen MR) is 119 cm³/mol. The highest BCUT2D eigenvalue weighted by atomic mass is 35.5. The van der Waals surface area contributed by atoms with Crippen molar-refractivity contribution >= 4 is 17.5 Å². The maximum absolute atomic E-state index is 14.1. The Morgan fingerprint density at radius 3 is 2.28 bits per heavy atom. The second-order valence-electron chi connectivity index (χ2n) is 9.06. The van der Waals surface area contributed by atoms with Gasteiger partial charge in [0, 0.05) is 43.6 Å². The molecule has 32 heavy (non-hydrogen) atoms. The molecule has 0 aliphatic carbocycles. The number of alkyl halides is 3. The van der Waals surface area contributed by atoms with Gasteiger partial charge in [-0.2, -0.15) is 13.2 Å². The third-order valence-corrected chi connectivity index (χ3v) is 5.28. The number of nitrogens with zero attached hydrogens (tertiary/aromatic N) is 4. The molecule has 0 unspecified atom stereocenters. The van der Waals surface area contributed by atoms with Gasteiger partial charge in [0.1, 0.15) is 17.2 Å². The zero-order valence-electron chi connectivity index (χ0n) is 18.7. The minimum Gasteiger partial charge on any atom is -0.340 e. The fraction of sp³-hybridized carbons (Fsp3) is 0.391. The van der Waals surface area contributed by atoms with Crippen LogP contribution in [0.1, 0.15) is 42.8 Å². The van der Waals surface area contributed by atoms with Crippen LogP contribution in [0, 0.1) is 5.41 Å². The van der Waals surface area contributed by atoms with E-state index in [2.05, 4.69) is 4.98 Å². The Kier molecular flexibility index (Phi) is 6.47. The first-order chi connectivity index (χ1) is 14.8. The molecular weight excluding hydrogens is 441 g/mol. The predicted octanol–water partition coefficient (Wildman–Crippen LogP) is 5.73. The highest BCUT2D eigenvalue weighted by Crippen LogP contribution is 2.38. The Bertz CT molecular complexity index is 1110. The van der Waals surface area contributed by atoms with Gasteiger partial charge in [0.2, 0.25) is 0 Å². The minimum absolute atomic E-state index is 0.0330. The molecule has 0 fully saturated rings. The van der Waals surface area contributed by atoms with E-state index in [1.807, 2.05) is 20.8 Å². The van der Waals surface area contributed by atoms with E-state index in [4.69, 9.17) is 11.6 Å². The molecular formula is C23H26ClF3N4O. The largest absolute Gasteiger partial charge is 0.431 e. The van der Waals surface area contributed by atoms with Gasteiger partial charge in [0.05, 0.1) is 6.54 Å². The average molecular weight is 467 g/mol. The van der Waals surface area contributed by atoms with Crippen LogP contribution in [0.25, 0.3) is 11.1 Å². The molecule has 3 aromatic rings. The average Bonchev–Trinajstić information content (AvgIpc) is 3.24. The van der Waals surface area contributed by atoms with Gasteiger partial charge in [-0.1, -0.05) is 44.5 Å². The normalized spacial score (nSPS) is 12.3. The second-order valence-corrected chi connectivity index (χ2v) is 9.50. The van der Waals surface area contributed by atoms with Gasteiger partial charge in [0.25, 0.3) is 5.91 Å². The van der Waals surface area contributed by atoms with E-state index in [1.165, 1.54) is 11.1 Å². The van der Waals surface area contributed by atoms with Crippen molar-refractivity contribution in [1.29, 1.82) is 0 Å². The van der Waals surface area contributed by atoms with Crippen molar-refractivity contribution < 1.29 is 18.0 Å². The number of aryl methyl sites for hydroxylation is 1. The molecule has 0 saturated carbocycles. The number of amides is 1. The topological polar surface area (TPSA) is 43.1 Å². The lowest BCUT2D eigenvalue weighted by Crippen LogP contribution is -2.36. The monoisotopic (exact) mass is 466 g/mol. The summed E-state index contributed by atoms with van der Waals surface area (Å²) in [6.07, 6.45) is -1.49. The molecule has 3 rings (SSSR count). The quantitative estimate of drug-likeness (QED) is 0.482. The fourth-order valence-electron chi connectivity index (χ4n) is 3.68. The van der Waals surface area contributed by atoms with Crippen molar-refractivity contribution in [3.8, 4) is 11.1 Å². The number of halogens is 4. The van der Waals surface area contributed by atoms with E-state index in [9.17, 15) is 18.0 Å². The molecule has 0 atom stereocenters. The smallest absolute Gasteiger partial charge is 0.340 e. The minimum atomic E-state index is -4.66. The molecule has 0 aliphatic heterocycles. The molecule has 0 N–H and O–H groups in total. The lowest BCUT2D eigenvalue weighted by Gasteiger charge is -2.27. The van der Waals surface area contributed by atoms with Gasteiger partial charge in [-0.15, -0.1) is 0 Å². The number of aromatic nitrogens is 3. The highest BCUT2D eigenvalue weighted by molar-refractivity contribution is 6.30. The summed E-state index contributed by atoms with van der Waals surface area (Å²) in [5.41, 5.74) is -0.484. The highest BCUT2D eigenvalue weighted by Gasteiger charge is 2.39. The van der Waals surface area contributed by atoms with E-state index in [0.717, 1.165) is 10.6 Å². The first-order valence-corrected chi connectivity index (χ1v) is 10.4. The van der Waals surface area contributed by atoms with Crippen molar-refractivity contribution in [1.82, 2.24) is 19.0 Å². The third-order valence-electron chi connectivity index (χ3n) is 5.02. The summed E-state index contributed by atoms with van der Waals surface area (Å²) in [4.78, 5) is 19.2. The number of rotatable bonds is 5. The van der Waals surface area contributed by atoms with E-state index in [1.54, 1.807) is 49.1 Å². The van der Waals surface area contributed by atoms with Crippen LogP contribution in [0.4, 0.5) is 13.2 Å². The van der Waals surface area contributed by atoms with Gasteiger partial charge >= 0.3 is 6.18 Å². The first-order valence-electron chi connectivity index (χ1n) is 10.1. The Labute approximate surface area is 190 Å². The van der Waals surface area contributed by atoms with Crippen LogP contribution in [0.15, 0.2) is 42.7 Å². The summed E-state index contributed by atoms with van der Waals surface area (Å²) in [6, 6.07) is 7.44. The van der Waals surface area contributed by atoms with Gasteiger partial charge in [-0.25, -0.2) is 4.98 Å². The lowest BCUT2D eigenvalue weighted by atomic mass is 9.96. The van der Waals surface area contributed by atoms with Crippen LogP contribution >= 0.6 is 11.6 Å². The molecule has 9 heteroatoms. The van der Waals surface area contributed by atoms with E-state index >= 15 is 0 Å². The Balaban J connectivity index is 2.25. The fourth-order valence-corrected chi connectivity index (χ4v) is 3.81. The molecule has 0 bridgehead atoms. The molecule has 0 spiro atoms. The number of hydrogen-bond acceptors (Lipinski definition) is 2. The summed E-state index contributed by atoms with van der Waals surface area (Å²) in [5, 5.41) is 0.454. The summed E-state index contributed by atoms with van der Waals surface area (Å²) in [7, 11) is 3.30. The third kappa shape index (κ3) is 5.18. The molecule has 0 radical (unpaired) electrons. The summed E-state index contributed by atoms with van der Waals surface area (Å²) >= 11 is 5.97. The van der Waals surface area contributed by atoms with Crippen molar-refractivity contribution in [3.63, 3.8) is 0 Å². The standard InChI is InChI=1S/C23H26ClF3N4O/c1-22(2,3)14-30(5)21(32)20-17(15-6-8-16(24)9-7-15)12-18(23(25,26)27)31(20)13-19-28-10-11-29(19)4/h6-12H,13-14H2,1-5H3. The first kappa shape index (κ1) is 23.9. The van der Waals surface area contributed by atoms with Gasteiger partial charge in [-0.05, 0) is 29.2 Å². The zero-order valence-corrected chi connectivity index (χ0v) is 19.4. The number of carbonyl (C=O) groups is 1. The molecule has 2 heterocycles. The molecule has 2 aromatic heterocycles. The number of carbonyl (C=O) groups excluding carboxylic acids is 1. The molecule has 1 amide bonds. The van der Waals surface area contributed by atoms with Gasteiger partial charge in [0.15, 0.2) is 0 Å². The molecule has 5 nitrogen and oxygen atoms in total. The van der Waals surface area contributed by atoms with Crippen molar-refractivity contribution in [2.45, 2.75) is 33.5 Å². The molecule has 0 aliphatic rings. The van der Waals surface area contributed by atoms with Crippen LogP contribution < -0.4 is 0 Å². The Morgan fingerprint density at radius 2 is 1.78 bits per heavy atom. The van der Waals surface area contributed by atoms with E-state index < -0.39 is 17.8 Å². The van der Waals surface area contributed by atoms with Crippen LogP contribution in [-0.2, 0) is 19.8 Å². The Hall–Kier alpha value is -2.74. The van der Waals surface area contributed by atoms with Gasteiger partial charge in [-0.3, -0.25) is 4.79 Å². The second kappa shape index (κ2) is 8.65. The molecule has 172 valence electrons. The van der Waals surface area contributed by atoms with Gasteiger partial charge < -0.3 is 14.0 Å². The SMILES string of the molecule is CN(CC(C)(C)C)C(=O)c1c(-c2ccc(Cl)cc2)cc(C(F)(F)F)n1Cc1nccn1C. The summed E-state index contributed by atoms with van der Waals surface area (Å²) < 4.78 is 44.9. The number of benzene rings is 1. The van der Waals surface area contributed by atoms with Crippen LogP contribution in [-0.4, -0.2) is 38.5 Å². The Morgan fingerprint density at radius 1 is 1.16 bits per heavy atom. The van der Waals surface area contributed by atoms with E-state index in [0.29, 0.717) is 23.0 Å². The van der Waals surface area contributed by atoms with Crippen LogP contribution in [0.2, 0.25) is 5.02 Å². The van der Waals surface area contributed by atoms with E-state index in [-0.39, 0.29) is 23.2 Å². The maximum Gasteiger partial charge on any atom is 0.431 e. The summed E-state index contributed by atoms with van der Waals surface area (Å²) in [5.74, 6) is -0.0872. The zero-order chi connectivity index (χ0) is 23.8. The molecule has 0 saturated heterocycles. The van der Waals surface area contributed by atoms with Crippen molar-refractivity contribution in [3.05, 3.63) is 65.0 Å².